The number of carbonyl (C=O) groups is 1. The van der Waals surface area contributed by atoms with Crippen LogP contribution in [0.25, 0.3) is 17.1 Å². The van der Waals surface area contributed by atoms with Gasteiger partial charge in [-0.05, 0) is 49.2 Å². The summed E-state index contributed by atoms with van der Waals surface area (Å²) < 4.78 is 58.9. The van der Waals surface area contributed by atoms with Gasteiger partial charge in [-0.3, -0.25) is 9.78 Å². The molecule has 2 heterocycles. The van der Waals surface area contributed by atoms with E-state index < -0.39 is 29.4 Å². The van der Waals surface area contributed by atoms with Gasteiger partial charge in [0.15, 0.2) is 5.82 Å². The number of hydrogen-bond acceptors (Lipinski definition) is 4. The number of aromatic nitrogens is 3. The Morgan fingerprint density at radius 2 is 2.00 bits per heavy atom. The molecule has 1 unspecified atom stereocenters. The molecule has 0 spiro atoms. The highest BCUT2D eigenvalue weighted by atomic mass is 35.5. The lowest BCUT2D eigenvalue weighted by Crippen LogP contribution is -2.33. The van der Waals surface area contributed by atoms with Crippen LogP contribution in [-0.2, 0) is 22.3 Å². The minimum absolute atomic E-state index is 0.0170. The second kappa shape index (κ2) is 8.99. The predicted octanol–water partition coefficient (Wildman–Crippen LogP) is 3.83. The van der Waals surface area contributed by atoms with Crippen LogP contribution in [0.15, 0.2) is 41.2 Å². The summed E-state index contributed by atoms with van der Waals surface area (Å²) in [7, 11) is 0. The summed E-state index contributed by atoms with van der Waals surface area (Å²) in [5.74, 6) is -1.04. The highest BCUT2D eigenvalue weighted by molar-refractivity contribution is 6.33. The van der Waals surface area contributed by atoms with Crippen LogP contribution < -0.4 is 11.0 Å². The molecule has 0 radical (unpaired) electrons. The van der Waals surface area contributed by atoms with Gasteiger partial charge in [-0.15, -0.1) is 5.10 Å². The number of hydrogen-bond donors (Lipinski definition) is 2. The van der Waals surface area contributed by atoms with Crippen LogP contribution in [0.3, 0.4) is 0 Å². The van der Waals surface area contributed by atoms with Crippen molar-refractivity contribution in [3.8, 4) is 17.1 Å². The van der Waals surface area contributed by atoms with Crippen molar-refractivity contribution in [3.63, 3.8) is 0 Å². The molecule has 12 heteroatoms. The Balaban J connectivity index is 1.59. The molecular formula is C21H17ClF4N4O3. The van der Waals surface area contributed by atoms with Crippen molar-refractivity contribution in [2.45, 2.75) is 31.7 Å². The van der Waals surface area contributed by atoms with Crippen molar-refractivity contribution in [2.24, 2.45) is 0 Å². The number of benzene rings is 2. The lowest BCUT2D eigenvalue weighted by Gasteiger charge is -2.12. The highest BCUT2D eigenvalue weighted by Crippen LogP contribution is 2.30. The number of nitrogens with one attached hydrogen (secondary N) is 2. The summed E-state index contributed by atoms with van der Waals surface area (Å²) in [6.07, 6.45) is -3.73. The summed E-state index contributed by atoms with van der Waals surface area (Å²) in [5, 5.41) is 6.64. The van der Waals surface area contributed by atoms with Crippen molar-refractivity contribution in [1.29, 1.82) is 0 Å². The predicted molar refractivity (Wildman–Crippen MR) is 110 cm³/mol. The van der Waals surface area contributed by atoms with Gasteiger partial charge in [0.1, 0.15) is 11.9 Å². The van der Waals surface area contributed by atoms with Crippen LogP contribution in [0.4, 0.5) is 17.6 Å². The third kappa shape index (κ3) is 4.93. The first-order valence-corrected chi connectivity index (χ1v) is 10.3. The van der Waals surface area contributed by atoms with Crippen LogP contribution in [0.2, 0.25) is 5.02 Å². The average molecular weight is 485 g/mol. The molecule has 7 nitrogen and oxygen atoms in total. The molecule has 4 rings (SSSR count). The smallest absolute Gasteiger partial charge is 0.368 e. The minimum Gasteiger partial charge on any atom is -0.368 e. The van der Waals surface area contributed by atoms with E-state index >= 15 is 0 Å². The SMILES string of the molecule is O=C(NCc1cc(-c2nn(-c3ccc(C(F)(F)F)cc3)c(=O)[nH]2)c(Cl)cc1F)C1CCCO1. The Kier molecular flexibility index (Phi) is 6.26. The van der Waals surface area contributed by atoms with E-state index in [1.54, 1.807) is 0 Å². The molecule has 1 atom stereocenters. The molecule has 2 N–H and O–H groups in total. The molecule has 0 bridgehead atoms. The van der Waals surface area contributed by atoms with E-state index in [0.29, 0.717) is 13.0 Å². The first kappa shape index (κ1) is 23.0. The van der Waals surface area contributed by atoms with E-state index in [2.05, 4.69) is 15.4 Å². The van der Waals surface area contributed by atoms with Crippen molar-refractivity contribution in [1.82, 2.24) is 20.1 Å². The van der Waals surface area contributed by atoms with Gasteiger partial charge in [-0.25, -0.2) is 9.18 Å². The molecular weight excluding hydrogens is 468 g/mol. The first-order chi connectivity index (χ1) is 15.6. The van der Waals surface area contributed by atoms with E-state index in [-0.39, 0.29) is 40.1 Å². The molecule has 1 aliphatic heterocycles. The largest absolute Gasteiger partial charge is 0.416 e. The Morgan fingerprint density at radius 1 is 1.27 bits per heavy atom. The van der Waals surface area contributed by atoms with Gasteiger partial charge in [0.25, 0.3) is 0 Å². The average Bonchev–Trinajstić information content (AvgIpc) is 3.42. The fraction of sp³-hybridized carbons (Fsp3) is 0.286. The minimum atomic E-state index is -4.52. The Bertz CT molecular complexity index is 1230. The number of ether oxygens (including phenoxy) is 1. The Hall–Kier alpha value is -3.18. The van der Waals surface area contributed by atoms with Crippen molar-refractivity contribution >= 4 is 17.5 Å². The van der Waals surface area contributed by atoms with E-state index in [0.717, 1.165) is 41.4 Å². The second-order valence-electron chi connectivity index (χ2n) is 7.38. The monoisotopic (exact) mass is 484 g/mol. The Labute approximate surface area is 189 Å². The van der Waals surface area contributed by atoms with E-state index in [4.69, 9.17) is 16.3 Å². The molecule has 2 aromatic carbocycles. The Morgan fingerprint density at radius 3 is 2.64 bits per heavy atom. The van der Waals surface area contributed by atoms with Crippen molar-refractivity contribution < 1.29 is 27.1 Å². The molecule has 174 valence electrons. The second-order valence-corrected chi connectivity index (χ2v) is 7.79. The number of amides is 1. The zero-order chi connectivity index (χ0) is 23.8. The van der Waals surface area contributed by atoms with Gasteiger partial charge in [0, 0.05) is 24.3 Å². The van der Waals surface area contributed by atoms with Crippen molar-refractivity contribution in [3.05, 3.63) is 68.8 Å². The van der Waals surface area contributed by atoms with E-state index in [1.807, 2.05) is 0 Å². The first-order valence-electron chi connectivity index (χ1n) is 9.88. The van der Waals surface area contributed by atoms with Crippen LogP contribution >= 0.6 is 11.6 Å². The van der Waals surface area contributed by atoms with Crippen LogP contribution in [-0.4, -0.2) is 33.4 Å². The number of carbonyl (C=O) groups excluding carboxylic acids is 1. The van der Waals surface area contributed by atoms with Gasteiger partial charge >= 0.3 is 11.9 Å². The molecule has 0 saturated carbocycles. The van der Waals surface area contributed by atoms with Crippen LogP contribution in [0, 0.1) is 5.82 Å². The summed E-state index contributed by atoms with van der Waals surface area (Å²) in [6.45, 7) is 0.352. The van der Waals surface area contributed by atoms with Gasteiger partial charge in [0.05, 0.1) is 16.3 Å². The van der Waals surface area contributed by atoms with E-state index in [9.17, 15) is 27.2 Å². The summed E-state index contributed by atoms with van der Waals surface area (Å²) >= 11 is 6.14. The van der Waals surface area contributed by atoms with Gasteiger partial charge in [0.2, 0.25) is 5.91 Å². The number of nitrogens with zero attached hydrogens (tertiary/aromatic N) is 2. The lowest BCUT2D eigenvalue weighted by atomic mass is 10.1. The standard InChI is InChI=1S/C21H17ClF4N4O3/c22-15-9-16(23)11(10-27-19(31)17-2-1-7-33-17)8-14(15)18-28-20(32)30(29-18)13-5-3-12(4-6-13)21(24,25)26/h3-6,8-9,17H,1-2,7,10H2,(H,27,31)(H,28,29,32). The maximum atomic E-state index is 14.4. The molecule has 1 fully saturated rings. The third-order valence-electron chi connectivity index (χ3n) is 5.12. The summed E-state index contributed by atoms with van der Waals surface area (Å²) in [4.78, 5) is 26.9. The highest BCUT2D eigenvalue weighted by Gasteiger charge is 2.30. The normalized spacial score (nSPS) is 16.2. The van der Waals surface area contributed by atoms with Crippen molar-refractivity contribution in [2.75, 3.05) is 6.61 Å². The zero-order valence-corrected chi connectivity index (χ0v) is 17.6. The number of halogens is 5. The number of aromatic amines is 1. The van der Waals surface area contributed by atoms with Gasteiger partial charge in [-0.2, -0.15) is 17.9 Å². The van der Waals surface area contributed by atoms with E-state index in [1.165, 1.54) is 6.07 Å². The molecule has 1 aromatic heterocycles. The maximum Gasteiger partial charge on any atom is 0.416 e. The molecule has 1 aliphatic rings. The number of H-pyrrole nitrogens is 1. The van der Waals surface area contributed by atoms with Crippen LogP contribution in [0.1, 0.15) is 24.0 Å². The topological polar surface area (TPSA) is 89.0 Å². The number of alkyl halides is 3. The zero-order valence-electron chi connectivity index (χ0n) is 16.9. The molecule has 1 saturated heterocycles. The summed E-state index contributed by atoms with van der Waals surface area (Å²) in [5.41, 5.74) is -1.21. The fourth-order valence-electron chi connectivity index (χ4n) is 3.40. The van der Waals surface area contributed by atoms with Gasteiger partial charge < -0.3 is 10.1 Å². The summed E-state index contributed by atoms with van der Waals surface area (Å²) in [6, 6.07) is 6.23. The fourth-order valence-corrected chi connectivity index (χ4v) is 3.64. The quantitative estimate of drug-likeness (QED) is 0.539. The number of rotatable bonds is 5. The molecule has 1 amide bonds. The lowest BCUT2D eigenvalue weighted by molar-refractivity contribution is -0.137. The molecule has 0 aliphatic carbocycles. The molecule has 33 heavy (non-hydrogen) atoms. The third-order valence-corrected chi connectivity index (χ3v) is 5.44. The van der Waals surface area contributed by atoms with Crippen LogP contribution in [0.5, 0.6) is 0 Å². The van der Waals surface area contributed by atoms with Gasteiger partial charge in [-0.1, -0.05) is 11.6 Å². The molecule has 3 aromatic rings. The maximum absolute atomic E-state index is 14.4.